The van der Waals surface area contributed by atoms with Crippen molar-refractivity contribution in [3.05, 3.63) is 21.3 Å². The third-order valence-electron chi connectivity index (χ3n) is 2.98. The first-order valence-electron chi connectivity index (χ1n) is 5.37. The molecule has 2 unspecified atom stereocenters. The molecular weight excluding hydrogens is 228 g/mol. The van der Waals surface area contributed by atoms with Crippen LogP contribution in [0.2, 0.25) is 4.34 Å². The molecule has 0 spiro atoms. The highest BCUT2D eigenvalue weighted by molar-refractivity contribution is 7.16. The van der Waals surface area contributed by atoms with Crippen molar-refractivity contribution < 1.29 is 0 Å². The van der Waals surface area contributed by atoms with Crippen LogP contribution in [0.15, 0.2) is 12.1 Å². The van der Waals surface area contributed by atoms with Crippen LogP contribution in [0, 0.1) is 0 Å². The summed E-state index contributed by atoms with van der Waals surface area (Å²) in [4.78, 5) is 3.90. The molecule has 1 aromatic rings. The number of hydrogen-bond acceptors (Lipinski definition) is 3. The number of rotatable bonds is 2. The van der Waals surface area contributed by atoms with Gasteiger partial charge in [0.1, 0.15) is 0 Å². The van der Waals surface area contributed by atoms with Gasteiger partial charge in [-0.15, -0.1) is 11.3 Å². The summed E-state index contributed by atoms with van der Waals surface area (Å²) < 4.78 is 0.889. The lowest BCUT2D eigenvalue weighted by Crippen LogP contribution is -2.54. The van der Waals surface area contributed by atoms with Crippen LogP contribution in [0.3, 0.4) is 0 Å². The number of halogens is 1. The maximum Gasteiger partial charge on any atom is 0.0931 e. The van der Waals surface area contributed by atoms with E-state index in [4.69, 9.17) is 11.6 Å². The number of thiophene rings is 1. The Bertz CT molecular complexity index is 316. The van der Waals surface area contributed by atoms with E-state index in [-0.39, 0.29) is 0 Å². The first-order valence-corrected chi connectivity index (χ1v) is 6.57. The Labute approximate surface area is 100 Å². The van der Waals surface area contributed by atoms with Crippen LogP contribution in [-0.2, 0) is 6.54 Å². The Kier molecular flexibility index (Phi) is 3.67. The van der Waals surface area contributed by atoms with Crippen LogP contribution >= 0.6 is 22.9 Å². The average Bonchev–Trinajstić information content (AvgIpc) is 2.58. The minimum Gasteiger partial charge on any atom is -0.314 e. The molecule has 0 amide bonds. The first kappa shape index (κ1) is 11.4. The predicted octanol–water partition coefficient (Wildman–Crippen LogP) is 2.58. The van der Waals surface area contributed by atoms with Crippen LogP contribution in [0.25, 0.3) is 0 Å². The molecule has 0 radical (unpaired) electrons. The van der Waals surface area contributed by atoms with Gasteiger partial charge >= 0.3 is 0 Å². The fraction of sp³-hybridized carbons (Fsp3) is 0.636. The minimum absolute atomic E-state index is 0.606. The van der Waals surface area contributed by atoms with Crippen LogP contribution < -0.4 is 5.32 Å². The normalized spacial score (nSPS) is 28.2. The van der Waals surface area contributed by atoms with Gasteiger partial charge in [-0.1, -0.05) is 11.6 Å². The van der Waals surface area contributed by atoms with Crippen LogP contribution in [0.1, 0.15) is 18.7 Å². The van der Waals surface area contributed by atoms with Crippen molar-refractivity contribution in [3.8, 4) is 0 Å². The number of nitrogens with zero attached hydrogens (tertiary/aromatic N) is 1. The molecule has 2 atom stereocenters. The zero-order chi connectivity index (χ0) is 10.8. The zero-order valence-corrected chi connectivity index (χ0v) is 10.7. The van der Waals surface area contributed by atoms with Crippen molar-refractivity contribution >= 4 is 22.9 Å². The molecule has 2 nitrogen and oxygen atoms in total. The van der Waals surface area contributed by atoms with Gasteiger partial charge < -0.3 is 5.32 Å². The molecule has 0 aliphatic carbocycles. The van der Waals surface area contributed by atoms with Crippen molar-refractivity contribution in [2.24, 2.45) is 0 Å². The van der Waals surface area contributed by atoms with Gasteiger partial charge in [-0.3, -0.25) is 4.90 Å². The van der Waals surface area contributed by atoms with Gasteiger partial charge in [0.25, 0.3) is 0 Å². The molecule has 1 fully saturated rings. The van der Waals surface area contributed by atoms with Gasteiger partial charge in [0.15, 0.2) is 0 Å². The monoisotopic (exact) mass is 244 g/mol. The summed E-state index contributed by atoms with van der Waals surface area (Å²) in [6.07, 6.45) is 0. The standard InChI is InChI=1S/C11H17ClN2S/c1-8-5-13-6-9(2)14(8)7-10-3-4-11(12)15-10/h3-4,8-9,13H,5-7H2,1-2H3. The summed E-state index contributed by atoms with van der Waals surface area (Å²) in [7, 11) is 0. The highest BCUT2D eigenvalue weighted by Crippen LogP contribution is 2.24. The van der Waals surface area contributed by atoms with Crippen molar-refractivity contribution in [1.82, 2.24) is 10.2 Å². The maximum absolute atomic E-state index is 5.94. The maximum atomic E-state index is 5.94. The third kappa shape index (κ3) is 2.72. The quantitative estimate of drug-likeness (QED) is 0.861. The summed E-state index contributed by atoms with van der Waals surface area (Å²) in [5, 5.41) is 3.44. The van der Waals surface area contributed by atoms with Gasteiger partial charge in [-0.25, -0.2) is 0 Å². The Morgan fingerprint density at radius 1 is 1.40 bits per heavy atom. The molecule has 0 aromatic carbocycles. The second-order valence-electron chi connectivity index (χ2n) is 4.23. The van der Waals surface area contributed by atoms with Crippen LogP contribution in [0.5, 0.6) is 0 Å². The smallest absolute Gasteiger partial charge is 0.0931 e. The molecular formula is C11H17ClN2S. The zero-order valence-electron chi connectivity index (χ0n) is 9.16. The fourth-order valence-electron chi connectivity index (χ4n) is 2.10. The van der Waals surface area contributed by atoms with E-state index in [0.29, 0.717) is 12.1 Å². The summed E-state index contributed by atoms with van der Waals surface area (Å²) in [6, 6.07) is 5.33. The SMILES string of the molecule is CC1CNCC(C)N1Cc1ccc(Cl)s1. The van der Waals surface area contributed by atoms with E-state index in [0.717, 1.165) is 24.0 Å². The highest BCUT2D eigenvalue weighted by Gasteiger charge is 2.24. The molecule has 1 aromatic heterocycles. The summed E-state index contributed by atoms with van der Waals surface area (Å²) >= 11 is 7.63. The Balaban J connectivity index is 2.03. The predicted molar refractivity (Wildman–Crippen MR) is 66.7 cm³/mol. The minimum atomic E-state index is 0.606. The summed E-state index contributed by atoms with van der Waals surface area (Å²) in [6.45, 7) is 7.75. The third-order valence-corrected chi connectivity index (χ3v) is 4.19. The van der Waals surface area contributed by atoms with Crippen molar-refractivity contribution in [1.29, 1.82) is 0 Å². The fourth-order valence-corrected chi connectivity index (χ4v) is 3.19. The second kappa shape index (κ2) is 4.83. The first-order chi connectivity index (χ1) is 7.16. The van der Waals surface area contributed by atoms with Gasteiger partial charge in [0.2, 0.25) is 0 Å². The van der Waals surface area contributed by atoms with Crippen molar-refractivity contribution in [3.63, 3.8) is 0 Å². The lowest BCUT2D eigenvalue weighted by molar-refractivity contribution is 0.110. The molecule has 1 saturated heterocycles. The number of hydrogen-bond donors (Lipinski definition) is 1. The molecule has 0 saturated carbocycles. The largest absolute Gasteiger partial charge is 0.314 e. The van der Waals surface area contributed by atoms with E-state index < -0.39 is 0 Å². The van der Waals surface area contributed by atoms with Gasteiger partial charge in [-0.05, 0) is 26.0 Å². The average molecular weight is 245 g/mol. The van der Waals surface area contributed by atoms with E-state index in [9.17, 15) is 0 Å². The second-order valence-corrected chi connectivity index (χ2v) is 6.03. The van der Waals surface area contributed by atoms with Gasteiger partial charge in [0.05, 0.1) is 4.34 Å². The molecule has 84 valence electrons. The molecule has 2 rings (SSSR count). The lowest BCUT2D eigenvalue weighted by atomic mass is 10.1. The lowest BCUT2D eigenvalue weighted by Gasteiger charge is -2.39. The van der Waals surface area contributed by atoms with Crippen molar-refractivity contribution in [2.45, 2.75) is 32.5 Å². The molecule has 1 aliphatic heterocycles. The van der Waals surface area contributed by atoms with E-state index >= 15 is 0 Å². The Morgan fingerprint density at radius 2 is 2.07 bits per heavy atom. The van der Waals surface area contributed by atoms with Crippen LogP contribution in [0.4, 0.5) is 0 Å². The molecule has 1 aliphatic rings. The number of piperazine rings is 1. The molecule has 0 bridgehead atoms. The van der Waals surface area contributed by atoms with Gasteiger partial charge in [0, 0.05) is 36.6 Å². The van der Waals surface area contributed by atoms with Crippen molar-refractivity contribution in [2.75, 3.05) is 13.1 Å². The van der Waals surface area contributed by atoms with E-state index in [1.165, 1.54) is 4.88 Å². The molecule has 15 heavy (non-hydrogen) atoms. The highest BCUT2D eigenvalue weighted by atomic mass is 35.5. The van der Waals surface area contributed by atoms with E-state index in [1.807, 2.05) is 6.07 Å². The topological polar surface area (TPSA) is 15.3 Å². The van der Waals surface area contributed by atoms with E-state index in [1.54, 1.807) is 11.3 Å². The molecule has 1 N–H and O–H groups in total. The number of nitrogens with one attached hydrogen (secondary N) is 1. The Morgan fingerprint density at radius 3 is 2.60 bits per heavy atom. The van der Waals surface area contributed by atoms with Gasteiger partial charge in [-0.2, -0.15) is 0 Å². The summed E-state index contributed by atoms with van der Waals surface area (Å²) in [5.74, 6) is 0. The molecule has 2 heterocycles. The van der Waals surface area contributed by atoms with E-state index in [2.05, 4.69) is 30.1 Å². The van der Waals surface area contributed by atoms with Crippen LogP contribution in [-0.4, -0.2) is 30.1 Å². The molecule has 4 heteroatoms. The summed E-state index contributed by atoms with van der Waals surface area (Å²) in [5.41, 5.74) is 0. The Hall–Kier alpha value is -0.0900.